The lowest BCUT2D eigenvalue weighted by Gasteiger charge is -2.02. The maximum Gasteiger partial charge on any atom is 0.155 e. The van der Waals surface area contributed by atoms with E-state index in [1.165, 1.54) is 0 Å². The number of para-hydroxylation sites is 1. The van der Waals surface area contributed by atoms with Gasteiger partial charge in [-0.3, -0.25) is 4.79 Å². The number of halogens is 2. The van der Waals surface area contributed by atoms with Gasteiger partial charge in [-0.2, -0.15) is 5.10 Å². The van der Waals surface area contributed by atoms with E-state index in [2.05, 4.69) is 37.0 Å². The number of aldehydes is 1. The highest BCUT2D eigenvalue weighted by Gasteiger charge is 2.19. The molecule has 1 heterocycles. The summed E-state index contributed by atoms with van der Waals surface area (Å²) in [5.74, 6) is 0. The van der Waals surface area contributed by atoms with Gasteiger partial charge in [0.2, 0.25) is 0 Å². The number of rotatable bonds is 3. The average Bonchev–Trinajstić information content (AvgIpc) is 2.85. The van der Waals surface area contributed by atoms with Crippen molar-refractivity contribution in [1.82, 2.24) is 9.78 Å². The van der Waals surface area contributed by atoms with Gasteiger partial charge in [-0.05, 0) is 34.1 Å². The van der Waals surface area contributed by atoms with E-state index in [1.54, 1.807) is 4.68 Å². The topological polar surface area (TPSA) is 34.9 Å². The van der Waals surface area contributed by atoms with Gasteiger partial charge in [-0.1, -0.05) is 52.3 Å². The highest BCUT2D eigenvalue weighted by Crippen LogP contribution is 2.33. The zero-order valence-electron chi connectivity index (χ0n) is 10.8. The predicted octanol–water partition coefficient (Wildman–Crippen LogP) is 4.88. The van der Waals surface area contributed by atoms with Gasteiger partial charge >= 0.3 is 0 Å². The van der Waals surface area contributed by atoms with Crippen LogP contribution >= 0.6 is 31.9 Å². The van der Waals surface area contributed by atoms with Crippen molar-refractivity contribution in [3.63, 3.8) is 0 Å². The Morgan fingerprint density at radius 3 is 2.29 bits per heavy atom. The number of hydrogen-bond acceptors (Lipinski definition) is 2. The first-order valence-corrected chi connectivity index (χ1v) is 7.85. The molecule has 2 aromatic carbocycles. The lowest BCUT2D eigenvalue weighted by Crippen LogP contribution is -1.96. The number of carbonyl (C=O) groups excluding carboxylic acids is 1. The van der Waals surface area contributed by atoms with Crippen LogP contribution in [0.5, 0.6) is 0 Å². The van der Waals surface area contributed by atoms with Crippen molar-refractivity contribution in [3.05, 3.63) is 69.2 Å². The van der Waals surface area contributed by atoms with Gasteiger partial charge in [0.25, 0.3) is 0 Å². The summed E-state index contributed by atoms with van der Waals surface area (Å²) >= 11 is 6.98. The molecule has 0 unspecified atom stereocenters. The molecule has 0 spiro atoms. The molecule has 0 fully saturated rings. The average molecular weight is 406 g/mol. The Morgan fingerprint density at radius 1 is 0.952 bits per heavy atom. The van der Waals surface area contributed by atoms with Crippen molar-refractivity contribution >= 4 is 38.1 Å². The van der Waals surface area contributed by atoms with Crippen LogP contribution in [0.3, 0.4) is 0 Å². The maximum absolute atomic E-state index is 11.5. The molecule has 0 saturated carbocycles. The molecule has 0 atom stereocenters. The second kappa shape index (κ2) is 5.95. The molecule has 0 bridgehead atoms. The van der Waals surface area contributed by atoms with E-state index in [9.17, 15) is 4.79 Å². The molecule has 0 N–H and O–H groups in total. The number of nitrogens with zero attached hydrogens (tertiary/aromatic N) is 2. The monoisotopic (exact) mass is 404 g/mol. The largest absolute Gasteiger partial charge is 0.298 e. The molecule has 0 saturated heterocycles. The molecule has 3 nitrogen and oxygen atoms in total. The number of hydrogen-bond donors (Lipinski definition) is 0. The van der Waals surface area contributed by atoms with E-state index >= 15 is 0 Å². The first-order chi connectivity index (χ1) is 10.2. The Hall–Kier alpha value is -1.72. The number of carbonyl (C=O) groups is 1. The van der Waals surface area contributed by atoms with E-state index in [0.717, 1.165) is 22.0 Å². The van der Waals surface area contributed by atoms with Gasteiger partial charge in [0.15, 0.2) is 6.29 Å². The Bertz CT molecular complexity index is 797. The minimum Gasteiger partial charge on any atom is -0.298 e. The summed E-state index contributed by atoms with van der Waals surface area (Å²) in [5, 5.41) is 4.59. The molecule has 3 aromatic rings. The maximum atomic E-state index is 11.5. The third kappa shape index (κ3) is 2.59. The summed E-state index contributed by atoms with van der Waals surface area (Å²) in [6, 6.07) is 17.4. The van der Waals surface area contributed by atoms with Crippen molar-refractivity contribution in [2.24, 2.45) is 0 Å². The van der Waals surface area contributed by atoms with Crippen molar-refractivity contribution in [2.75, 3.05) is 0 Å². The minimum absolute atomic E-state index is 0.533. The quantitative estimate of drug-likeness (QED) is 0.582. The Morgan fingerprint density at radius 2 is 1.62 bits per heavy atom. The van der Waals surface area contributed by atoms with E-state index in [4.69, 9.17) is 0 Å². The highest BCUT2D eigenvalue weighted by molar-refractivity contribution is 9.10. The van der Waals surface area contributed by atoms with Gasteiger partial charge in [-0.15, -0.1) is 0 Å². The van der Waals surface area contributed by atoms with Crippen LogP contribution < -0.4 is 0 Å². The Labute approximate surface area is 138 Å². The van der Waals surface area contributed by atoms with Crippen LogP contribution in [0.1, 0.15) is 10.4 Å². The molecular formula is C16H10Br2N2O. The third-order valence-corrected chi connectivity index (χ3v) is 4.57. The molecule has 0 aliphatic carbocycles. The van der Waals surface area contributed by atoms with Crippen molar-refractivity contribution < 1.29 is 4.79 Å². The van der Waals surface area contributed by atoms with Crippen molar-refractivity contribution in [3.8, 4) is 16.9 Å². The van der Waals surface area contributed by atoms with Gasteiger partial charge in [0, 0.05) is 10.0 Å². The van der Waals surface area contributed by atoms with Crippen molar-refractivity contribution in [2.45, 2.75) is 0 Å². The van der Waals surface area contributed by atoms with Gasteiger partial charge in [-0.25, -0.2) is 4.68 Å². The first kappa shape index (κ1) is 14.2. The molecule has 0 aliphatic rings. The van der Waals surface area contributed by atoms with E-state index in [-0.39, 0.29) is 0 Å². The zero-order chi connectivity index (χ0) is 14.8. The third-order valence-electron chi connectivity index (χ3n) is 3.11. The fraction of sp³-hybridized carbons (Fsp3) is 0. The molecule has 21 heavy (non-hydrogen) atoms. The second-order valence-electron chi connectivity index (χ2n) is 4.40. The summed E-state index contributed by atoms with van der Waals surface area (Å²) in [7, 11) is 0. The normalized spacial score (nSPS) is 10.6. The lowest BCUT2D eigenvalue weighted by molar-refractivity contribution is 0.112. The molecule has 0 aliphatic heterocycles. The highest BCUT2D eigenvalue weighted by atomic mass is 79.9. The Balaban J connectivity index is 2.24. The second-order valence-corrected chi connectivity index (χ2v) is 6.00. The lowest BCUT2D eigenvalue weighted by atomic mass is 10.1. The minimum atomic E-state index is 0.533. The van der Waals surface area contributed by atoms with Crippen LogP contribution in [-0.2, 0) is 0 Å². The van der Waals surface area contributed by atoms with E-state index in [0.29, 0.717) is 15.9 Å². The zero-order valence-corrected chi connectivity index (χ0v) is 14.0. The standard InChI is InChI=1S/C16H10Br2N2O/c17-14-9-5-4-8-12(14)15-13(10-21)16(18)20(19-15)11-6-2-1-3-7-11/h1-10H. The summed E-state index contributed by atoms with van der Waals surface area (Å²) in [6.07, 6.45) is 0.825. The Kier molecular flexibility index (Phi) is 4.03. The van der Waals surface area contributed by atoms with Gasteiger partial charge < -0.3 is 0 Å². The molecule has 0 radical (unpaired) electrons. The van der Waals surface area contributed by atoms with Crippen LogP contribution in [0.25, 0.3) is 16.9 Å². The number of benzene rings is 2. The van der Waals surface area contributed by atoms with Crippen LogP contribution in [-0.4, -0.2) is 16.1 Å². The number of aromatic nitrogens is 2. The van der Waals surface area contributed by atoms with Gasteiger partial charge in [0.1, 0.15) is 10.3 Å². The molecule has 1 aromatic heterocycles. The molecule has 5 heteroatoms. The fourth-order valence-corrected chi connectivity index (χ4v) is 3.14. The summed E-state index contributed by atoms with van der Waals surface area (Å²) in [5.41, 5.74) is 2.96. The van der Waals surface area contributed by atoms with Crippen LogP contribution in [0.15, 0.2) is 63.7 Å². The van der Waals surface area contributed by atoms with E-state index in [1.807, 2.05) is 54.6 Å². The summed E-state index contributed by atoms with van der Waals surface area (Å²) in [6.45, 7) is 0. The first-order valence-electron chi connectivity index (χ1n) is 6.26. The SMILES string of the molecule is O=Cc1c(-c2ccccc2Br)nn(-c2ccccc2)c1Br. The van der Waals surface area contributed by atoms with Crippen molar-refractivity contribution in [1.29, 1.82) is 0 Å². The van der Waals surface area contributed by atoms with Crippen LogP contribution in [0.4, 0.5) is 0 Å². The van der Waals surface area contributed by atoms with Gasteiger partial charge in [0.05, 0.1) is 11.3 Å². The molecular weight excluding hydrogens is 396 g/mol. The molecule has 104 valence electrons. The molecule has 0 amide bonds. The summed E-state index contributed by atoms with van der Waals surface area (Å²) in [4.78, 5) is 11.5. The smallest absolute Gasteiger partial charge is 0.155 e. The van der Waals surface area contributed by atoms with Crippen LogP contribution in [0, 0.1) is 0 Å². The predicted molar refractivity (Wildman–Crippen MR) is 89.8 cm³/mol. The summed E-state index contributed by atoms with van der Waals surface area (Å²) < 4.78 is 3.27. The van der Waals surface area contributed by atoms with Crippen LogP contribution in [0.2, 0.25) is 0 Å². The van der Waals surface area contributed by atoms with E-state index < -0.39 is 0 Å². The molecule has 3 rings (SSSR count). The fourth-order valence-electron chi connectivity index (χ4n) is 2.11.